The Labute approximate surface area is 167 Å². The molecule has 27 heavy (non-hydrogen) atoms. The highest BCUT2D eigenvalue weighted by Gasteiger charge is 2.27. The van der Waals surface area contributed by atoms with E-state index in [2.05, 4.69) is 24.0 Å². The topological polar surface area (TPSA) is 42.4 Å². The predicted octanol–water partition coefficient (Wildman–Crippen LogP) is 4.83. The number of aromatic nitrogens is 1. The number of ether oxygens (including phenoxy) is 1. The Bertz CT molecular complexity index is 950. The molecule has 0 bridgehead atoms. The van der Waals surface area contributed by atoms with Gasteiger partial charge in [0, 0.05) is 12.3 Å². The van der Waals surface area contributed by atoms with Crippen molar-refractivity contribution >= 4 is 44.9 Å². The van der Waals surface area contributed by atoms with Gasteiger partial charge in [0.05, 0.1) is 28.8 Å². The molecule has 2 heterocycles. The van der Waals surface area contributed by atoms with E-state index < -0.39 is 0 Å². The molecule has 0 spiro atoms. The Morgan fingerprint density at radius 2 is 2.15 bits per heavy atom. The number of hydrogen-bond acceptors (Lipinski definition) is 5. The van der Waals surface area contributed by atoms with E-state index in [-0.39, 0.29) is 5.91 Å². The number of hydrogen-bond donors (Lipinski definition) is 0. The maximum atomic E-state index is 12.9. The molecule has 1 amide bonds. The maximum absolute atomic E-state index is 12.9. The average molecular weight is 399 g/mol. The van der Waals surface area contributed by atoms with Crippen molar-refractivity contribution in [3.63, 3.8) is 0 Å². The summed E-state index contributed by atoms with van der Waals surface area (Å²) in [6, 6.07) is 12.2. The zero-order valence-electron chi connectivity index (χ0n) is 15.5. The van der Waals surface area contributed by atoms with Crippen LogP contribution in [0.4, 0.5) is 5.69 Å². The third-order valence-electron chi connectivity index (χ3n) is 4.87. The first-order chi connectivity index (χ1) is 13.2. The number of thiazole rings is 1. The molecule has 0 saturated carbocycles. The van der Waals surface area contributed by atoms with Gasteiger partial charge in [-0.2, -0.15) is 0 Å². The second-order valence-corrected chi connectivity index (χ2v) is 8.73. The summed E-state index contributed by atoms with van der Waals surface area (Å²) in [5.41, 5.74) is 4.47. The summed E-state index contributed by atoms with van der Waals surface area (Å²) in [4.78, 5) is 19.5. The van der Waals surface area contributed by atoms with Crippen molar-refractivity contribution in [2.45, 2.75) is 25.5 Å². The van der Waals surface area contributed by atoms with E-state index in [9.17, 15) is 4.79 Å². The standard InChI is InChI=1S/C21H22N2O2S2/c1-14-9-10-17(25-2)21-15(14)6-5-11-23(21)20(24)13-26-12-19-22-16-7-3-4-8-18(16)27-19/h3-4,7-10H,5-6,11-13H2,1-2H3. The van der Waals surface area contributed by atoms with Crippen molar-refractivity contribution in [3.8, 4) is 5.75 Å². The fourth-order valence-electron chi connectivity index (χ4n) is 3.55. The maximum Gasteiger partial charge on any atom is 0.237 e. The van der Waals surface area contributed by atoms with Crippen molar-refractivity contribution in [2.24, 2.45) is 0 Å². The van der Waals surface area contributed by atoms with Crippen LogP contribution in [0.3, 0.4) is 0 Å². The summed E-state index contributed by atoms with van der Waals surface area (Å²) >= 11 is 3.34. The van der Waals surface area contributed by atoms with Crippen LogP contribution >= 0.6 is 23.1 Å². The number of thioether (sulfide) groups is 1. The van der Waals surface area contributed by atoms with Crippen LogP contribution in [0, 0.1) is 6.92 Å². The average Bonchev–Trinajstić information content (AvgIpc) is 3.11. The van der Waals surface area contributed by atoms with Gasteiger partial charge in [0.1, 0.15) is 10.8 Å². The number of aryl methyl sites for hydroxylation is 1. The Kier molecular flexibility index (Phi) is 5.36. The second kappa shape index (κ2) is 7.90. The van der Waals surface area contributed by atoms with Crippen molar-refractivity contribution in [1.29, 1.82) is 0 Å². The molecule has 140 valence electrons. The van der Waals surface area contributed by atoms with Gasteiger partial charge in [-0.25, -0.2) is 4.98 Å². The molecular weight excluding hydrogens is 376 g/mol. The molecule has 1 aliphatic heterocycles. The number of benzene rings is 2. The number of nitrogens with zero attached hydrogens (tertiary/aromatic N) is 2. The van der Waals surface area contributed by atoms with Gasteiger partial charge in [-0.3, -0.25) is 4.79 Å². The number of carbonyl (C=O) groups is 1. The lowest BCUT2D eigenvalue weighted by Crippen LogP contribution is -2.37. The van der Waals surface area contributed by atoms with Crippen LogP contribution in [0.5, 0.6) is 5.75 Å². The van der Waals surface area contributed by atoms with Gasteiger partial charge >= 0.3 is 0 Å². The molecule has 3 aromatic rings. The summed E-state index contributed by atoms with van der Waals surface area (Å²) in [7, 11) is 1.67. The normalized spacial score (nSPS) is 13.6. The molecular formula is C21H22N2O2S2. The van der Waals surface area contributed by atoms with Gasteiger partial charge in [-0.1, -0.05) is 18.2 Å². The number of carbonyl (C=O) groups excluding carboxylic acids is 1. The molecule has 1 aromatic heterocycles. The minimum Gasteiger partial charge on any atom is -0.495 e. The number of para-hydroxylation sites is 1. The Balaban J connectivity index is 1.46. The fraction of sp³-hybridized carbons (Fsp3) is 0.333. The summed E-state index contributed by atoms with van der Waals surface area (Å²) in [5.74, 6) is 2.15. The first-order valence-corrected chi connectivity index (χ1v) is 11.0. The molecule has 0 radical (unpaired) electrons. The molecule has 0 saturated heterocycles. The summed E-state index contributed by atoms with van der Waals surface area (Å²) in [5, 5.41) is 1.07. The molecule has 4 nitrogen and oxygen atoms in total. The smallest absolute Gasteiger partial charge is 0.237 e. The van der Waals surface area contributed by atoms with Crippen LogP contribution in [0.25, 0.3) is 10.2 Å². The van der Waals surface area contributed by atoms with E-state index in [4.69, 9.17) is 4.74 Å². The monoisotopic (exact) mass is 398 g/mol. The van der Waals surface area contributed by atoms with Crippen molar-refractivity contribution < 1.29 is 9.53 Å². The van der Waals surface area contributed by atoms with Crippen LogP contribution < -0.4 is 9.64 Å². The highest BCUT2D eigenvalue weighted by Crippen LogP contribution is 2.38. The molecule has 0 atom stereocenters. The minimum absolute atomic E-state index is 0.144. The van der Waals surface area contributed by atoms with Gasteiger partial charge in [0.25, 0.3) is 0 Å². The zero-order valence-corrected chi connectivity index (χ0v) is 17.2. The minimum atomic E-state index is 0.144. The molecule has 0 N–H and O–H groups in total. The van der Waals surface area contributed by atoms with E-state index in [1.807, 2.05) is 29.2 Å². The van der Waals surface area contributed by atoms with Gasteiger partial charge in [0.15, 0.2) is 0 Å². The SMILES string of the molecule is COc1ccc(C)c2c1N(C(=O)CSCc1nc3ccccc3s1)CCC2. The molecule has 6 heteroatoms. The zero-order chi connectivity index (χ0) is 18.8. The summed E-state index contributed by atoms with van der Waals surface area (Å²) in [6.45, 7) is 2.86. The molecule has 2 aromatic carbocycles. The van der Waals surface area contributed by atoms with Crippen LogP contribution in [0.1, 0.15) is 22.6 Å². The van der Waals surface area contributed by atoms with Crippen molar-refractivity contribution in [3.05, 3.63) is 52.5 Å². The molecule has 4 rings (SSSR count). The highest BCUT2D eigenvalue weighted by atomic mass is 32.2. The molecule has 0 fully saturated rings. The lowest BCUT2D eigenvalue weighted by molar-refractivity contribution is -0.116. The molecule has 0 aliphatic carbocycles. The fourth-order valence-corrected chi connectivity index (χ4v) is 5.47. The van der Waals surface area contributed by atoms with E-state index in [1.165, 1.54) is 15.8 Å². The van der Waals surface area contributed by atoms with Crippen LogP contribution in [0.15, 0.2) is 36.4 Å². The quantitative estimate of drug-likeness (QED) is 0.618. The van der Waals surface area contributed by atoms with Crippen LogP contribution in [-0.4, -0.2) is 30.3 Å². The number of methoxy groups -OCH3 is 1. The second-order valence-electron chi connectivity index (χ2n) is 6.63. The summed E-state index contributed by atoms with van der Waals surface area (Å²) in [6.07, 6.45) is 2.00. The lowest BCUT2D eigenvalue weighted by atomic mass is 9.96. The Morgan fingerprint density at radius 1 is 1.30 bits per heavy atom. The number of fused-ring (bicyclic) bond motifs is 2. The Morgan fingerprint density at radius 3 is 2.96 bits per heavy atom. The van der Waals surface area contributed by atoms with Crippen molar-refractivity contribution in [1.82, 2.24) is 4.98 Å². The number of rotatable bonds is 5. The first-order valence-electron chi connectivity index (χ1n) is 9.06. The summed E-state index contributed by atoms with van der Waals surface area (Å²) < 4.78 is 6.75. The molecule has 1 aliphatic rings. The van der Waals surface area contributed by atoms with Gasteiger partial charge in [-0.05, 0) is 49.1 Å². The van der Waals surface area contributed by atoms with Gasteiger partial charge in [0.2, 0.25) is 5.91 Å². The predicted molar refractivity (Wildman–Crippen MR) is 114 cm³/mol. The van der Waals surface area contributed by atoms with Gasteiger partial charge < -0.3 is 9.64 Å². The van der Waals surface area contributed by atoms with Crippen molar-refractivity contribution in [2.75, 3.05) is 24.3 Å². The van der Waals surface area contributed by atoms with E-state index in [0.29, 0.717) is 5.75 Å². The van der Waals surface area contributed by atoms with E-state index in [1.54, 1.807) is 30.2 Å². The van der Waals surface area contributed by atoms with Gasteiger partial charge in [-0.15, -0.1) is 23.1 Å². The van der Waals surface area contributed by atoms with E-state index in [0.717, 1.165) is 47.1 Å². The third-order valence-corrected chi connectivity index (χ3v) is 7.02. The number of anilines is 1. The van der Waals surface area contributed by atoms with E-state index >= 15 is 0 Å². The van der Waals surface area contributed by atoms with Crippen LogP contribution in [0.2, 0.25) is 0 Å². The highest BCUT2D eigenvalue weighted by molar-refractivity contribution is 7.99. The number of amides is 1. The molecule has 0 unspecified atom stereocenters. The van der Waals surface area contributed by atoms with Crippen LogP contribution in [-0.2, 0) is 17.0 Å². The lowest BCUT2D eigenvalue weighted by Gasteiger charge is -2.32. The largest absolute Gasteiger partial charge is 0.495 e. The first kappa shape index (κ1) is 18.3. The third kappa shape index (κ3) is 3.69. The Hall–Kier alpha value is -2.05.